The zero-order valence-corrected chi connectivity index (χ0v) is 18.9. The minimum atomic E-state index is -3.65. The topological polar surface area (TPSA) is 87.6 Å². The predicted molar refractivity (Wildman–Crippen MR) is 121 cm³/mol. The first kappa shape index (κ1) is 21.0. The zero-order chi connectivity index (χ0) is 21.5. The lowest BCUT2D eigenvalue weighted by Crippen LogP contribution is -2.47. The molecule has 4 saturated carbocycles. The van der Waals surface area contributed by atoms with Gasteiger partial charge in [-0.3, -0.25) is 14.5 Å². The van der Waals surface area contributed by atoms with Gasteiger partial charge in [0, 0.05) is 25.1 Å². The Labute approximate surface area is 185 Å². The number of hydrogen-bond donors (Lipinski definition) is 2. The fourth-order valence-electron chi connectivity index (χ4n) is 6.94. The van der Waals surface area contributed by atoms with E-state index in [4.69, 9.17) is 0 Å². The molecule has 5 aliphatic rings. The third-order valence-electron chi connectivity index (χ3n) is 7.78. The molecule has 7 heteroatoms. The molecule has 0 saturated heterocycles. The van der Waals surface area contributed by atoms with E-state index in [1.165, 1.54) is 38.5 Å². The Morgan fingerprint density at radius 2 is 1.61 bits per heavy atom. The second kappa shape index (κ2) is 8.23. The number of carbonyl (C=O) groups excluding carboxylic acids is 1. The Balaban J connectivity index is 1.20. The van der Waals surface area contributed by atoms with Crippen LogP contribution in [0.3, 0.4) is 0 Å². The molecule has 0 radical (unpaired) electrons. The minimum Gasteiger partial charge on any atom is -0.326 e. The summed E-state index contributed by atoms with van der Waals surface area (Å²) in [6.07, 6.45) is 12.0. The molecule has 0 unspecified atom stereocenters. The SMILES string of the molecule is O=C(CC12CC3CC(CC(C3)C1)C2)Nc1ccc(S(=O)(=O)NC2=NCCCCC2)cc1. The number of hydrogen-bond acceptors (Lipinski definition) is 4. The van der Waals surface area contributed by atoms with Crippen molar-refractivity contribution in [2.75, 3.05) is 11.9 Å². The molecular weight excluding hydrogens is 410 g/mol. The Bertz CT molecular complexity index is 933. The monoisotopic (exact) mass is 443 g/mol. The summed E-state index contributed by atoms with van der Waals surface area (Å²) in [5, 5.41) is 3.01. The highest BCUT2D eigenvalue weighted by Gasteiger charge is 2.51. The van der Waals surface area contributed by atoms with E-state index in [1.807, 2.05) is 0 Å². The number of amidine groups is 1. The lowest BCUT2D eigenvalue weighted by atomic mass is 9.49. The number of aliphatic imine (C=N–C) groups is 1. The highest BCUT2D eigenvalue weighted by atomic mass is 32.2. The first-order valence-corrected chi connectivity index (χ1v) is 13.3. The second-order valence-corrected chi connectivity index (χ2v) is 12.1. The molecular formula is C24H33N3O3S. The average molecular weight is 444 g/mol. The van der Waals surface area contributed by atoms with Crippen molar-refractivity contribution in [2.45, 2.75) is 75.5 Å². The third-order valence-corrected chi connectivity index (χ3v) is 9.17. The lowest BCUT2D eigenvalue weighted by molar-refractivity contribution is -0.124. The molecule has 0 atom stereocenters. The summed E-state index contributed by atoms with van der Waals surface area (Å²) in [5.74, 6) is 3.09. The van der Waals surface area contributed by atoms with E-state index < -0.39 is 10.0 Å². The second-order valence-electron chi connectivity index (χ2n) is 10.4. The molecule has 1 heterocycles. The van der Waals surface area contributed by atoms with Crippen LogP contribution in [0.15, 0.2) is 34.2 Å². The number of carbonyl (C=O) groups is 1. The summed E-state index contributed by atoms with van der Waals surface area (Å²) in [6.45, 7) is 0.673. The van der Waals surface area contributed by atoms with Gasteiger partial charge in [0.05, 0.1) is 4.90 Å². The molecule has 1 aliphatic heterocycles. The number of benzene rings is 1. The van der Waals surface area contributed by atoms with Crippen LogP contribution in [-0.4, -0.2) is 26.7 Å². The van der Waals surface area contributed by atoms with Crippen molar-refractivity contribution in [1.29, 1.82) is 0 Å². The molecule has 6 rings (SSSR count). The molecule has 2 N–H and O–H groups in total. The van der Waals surface area contributed by atoms with Gasteiger partial charge < -0.3 is 5.32 Å². The van der Waals surface area contributed by atoms with Crippen molar-refractivity contribution in [3.63, 3.8) is 0 Å². The Morgan fingerprint density at radius 3 is 2.26 bits per heavy atom. The largest absolute Gasteiger partial charge is 0.326 e. The van der Waals surface area contributed by atoms with Crippen LogP contribution in [0.5, 0.6) is 0 Å². The zero-order valence-electron chi connectivity index (χ0n) is 18.1. The van der Waals surface area contributed by atoms with Crippen molar-refractivity contribution >= 4 is 27.5 Å². The molecule has 1 aromatic carbocycles. The van der Waals surface area contributed by atoms with E-state index >= 15 is 0 Å². The molecule has 4 bridgehead atoms. The van der Waals surface area contributed by atoms with E-state index in [1.54, 1.807) is 24.3 Å². The van der Waals surface area contributed by atoms with Crippen molar-refractivity contribution in [3.8, 4) is 0 Å². The maximum Gasteiger partial charge on any atom is 0.262 e. The van der Waals surface area contributed by atoms with Crippen molar-refractivity contribution in [3.05, 3.63) is 24.3 Å². The minimum absolute atomic E-state index is 0.0588. The summed E-state index contributed by atoms with van der Waals surface area (Å²) < 4.78 is 28.0. The maximum atomic E-state index is 12.8. The van der Waals surface area contributed by atoms with Crippen LogP contribution in [0.25, 0.3) is 0 Å². The van der Waals surface area contributed by atoms with Crippen LogP contribution >= 0.6 is 0 Å². The van der Waals surface area contributed by atoms with Crippen LogP contribution < -0.4 is 10.0 Å². The first-order chi connectivity index (χ1) is 14.9. The van der Waals surface area contributed by atoms with Gasteiger partial charge in [-0.25, -0.2) is 8.42 Å². The van der Waals surface area contributed by atoms with Gasteiger partial charge in [-0.05, 0) is 98.8 Å². The Hall–Kier alpha value is -1.89. The van der Waals surface area contributed by atoms with Crippen LogP contribution in [0.1, 0.15) is 70.6 Å². The highest BCUT2D eigenvalue weighted by molar-refractivity contribution is 7.90. The van der Waals surface area contributed by atoms with Crippen LogP contribution in [0.4, 0.5) is 5.69 Å². The van der Waals surface area contributed by atoms with Gasteiger partial charge in [-0.15, -0.1) is 0 Å². The Morgan fingerprint density at radius 1 is 0.968 bits per heavy atom. The molecule has 0 spiro atoms. The van der Waals surface area contributed by atoms with Crippen LogP contribution in [0.2, 0.25) is 0 Å². The number of nitrogens with one attached hydrogen (secondary N) is 2. The molecule has 1 aromatic rings. The van der Waals surface area contributed by atoms with E-state index in [9.17, 15) is 13.2 Å². The quantitative estimate of drug-likeness (QED) is 0.703. The van der Waals surface area contributed by atoms with Gasteiger partial charge in [-0.1, -0.05) is 6.42 Å². The first-order valence-electron chi connectivity index (χ1n) is 11.9. The number of amides is 1. The summed E-state index contributed by atoms with van der Waals surface area (Å²) in [4.78, 5) is 17.4. The van der Waals surface area contributed by atoms with Gasteiger partial charge in [-0.2, -0.15) is 0 Å². The number of nitrogens with zero attached hydrogens (tertiary/aromatic N) is 1. The molecule has 0 aromatic heterocycles. The summed E-state index contributed by atoms with van der Waals surface area (Å²) in [5.41, 5.74) is 0.853. The fraction of sp³-hybridized carbons (Fsp3) is 0.667. The number of rotatable bonds is 5. The Kier molecular flexibility index (Phi) is 5.57. The molecule has 168 valence electrons. The van der Waals surface area contributed by atoms with Crippen molar-refractivity contribution in [2.24, 2.45) is 28.2 Å². The highest BCUT2D eigenvalue weighted by Crippen LogP contribution is 2.61. The smallest absolute Gasteiger partial charge is 0.262 e. The lowest BCUT2D eigenvalue weighted by Gasteiger charge is -2.56. The van der Waals surface area contributed by atoms with Gasteiger partial charge in [0.1, 0.15) is 5.84 Å². The predicted octanol–water partition coefficient (Wildman–Crippen LogP) is 4.48. The fourth-order valence-corrected chi connectivity index (χ4v) is 8.03. The van der Waals surface area contributed by atoms with Gasteiger partial charge in [0.2, 0.25) is 5.91 Å². The molecule has 6 nitrogen and oxygen atoms in total. The van der Waals surface area contributed by atoms with Gasteiger partial charge in [0.25, 0.3) is 10.0 Å². The third kappa shape index (κ3) is 4.66. The number of sulfonamides is 1. The molecule has 31 heavy (non-hydrogen) atoms. The van der Waals surface area contributed by atoms with Crippen LogP contribution in [0, 0.1) is 23.2 Å². The number of anilines is 1. The standard InChI is InChI=1S/C24H33N3O3S/c28-23(16-24-13-17-10-18(14-24)12-19(11-17)15-24)26-20-5-7-21(8-6-20)31(29,30)27-22-4-2-1-3-9-25-22/h5-8,17-19H,1-4,9-16H2,(H,25,27)(H,26,28). The summed E-state index contributed by atoms with van der Waals surface area (Å²) in [6, 6.07) is 6.47. The van der Waals surface area contributed by atoms with E-state index in [2.05, 4.69) is 15.0 Å². The normalized spacial score (nSPS) is 32.3. The van der Waals surface area contributed by atoms with Crippen molar-refractivity contribution < 1.29 is 13.2 Å². The van der Waals surface area contributed by atoms with E-state index in [0.717, 1.165) is 37.0 Å². The van der Waals surface area contributed by atoms with Crippen molar-refractivity contribution in [1.82, 2.24) is 4.72 Å². The average Bonchev–Trinajstić information content (AvgIpc) is 2.95. The van der Waals surface area contributed by atoms with E-state index in [0.29, 0.717) is 30.9 Å². The summed E-state index contributed by atoms with van der Waals surface area (Å²) >= 11 is 0. The molecule has 4 fully saturated rings. The molecule has 1 amide bonds. The van der Waals surface area contributed by atoms with Gasteiger partial charge >= 0.3 is 0 Å². The summed E-state index contributed by atoms with van der Waals surface area (Å²) in [7, 11) is -3.65. The molecule has 4 aliphatic carbocycles. The van der Waals surface area contributed by atoms with E-state index in [-0.39, 0.29) is 16.2 Å². The maximum absolute atomic E-state index is 12.8. The van der Waals surface area contributed by atoms with Crippen LogP contribution in [-0.2, 0) is 14.8 Å². The van der Waals surface area contributed by atoms with Gasteiger partial charge in [0.15, 0.2) is 0 Å².